The highest BCUT2D eigenvalue weighted by Crippen LogP contribution is 2.45. The number of esters is 3. The smallest absolute Gasteiger partial charge is 0.334 e. The van der Waals surface area contributed by atoms with Crippen molar-refractivity contribution in [2.45, 2.75) is 109 Å². The molecular formula is C24H36O8. The third-order valence-electron chi connectivity index (χ3n) is 7.42. The molecule has 0 unspecified atom stereocenters. The van der Waals surface area contributed by atoms with Gasteiger partial charge in [-0.1, -0.05) is 13.5 Å². The summed E-state index contributed by atoms with van der Waals surface area (Å²) in [5, 5.41) is 11.2. The average molecular weight is 453 g/mol. The molecule has 3 aliphatic rings. The van der Waals surface area contributed by atoms with E-state index in [0.29, 0.717) is 32.1 Å². The van der Waals surface area contributed by atoms with Crippen LogP contribution in [0.2, 0.25) is 0 Å². The van der Waals surface area contributed by atoms with Crippen molar-refractivity contribution < 1.29 is 38.4 Å². The van der Waals surface area contributed by atoms with Crippen molar-refractivity contribution in [3.05, 3.63) is 12.2 Å². The normalized spacial score (nSPS) is 42.7. The lowest BCUT2D eigenvalue weighted by atomic mass is 9.79. The molecule has 3 saturated heterocycles. The number of rotatable bonds is 2. The van der Waals surface area contributed by atoms with Gasteiger partial charge in [-0.15, -0.1) is 0 Å². The molecule has 0 spiro atoms. The van der Waals surface area contributed by atoms with Crippen molar-refractivity contribution in [3.63, 3.8) is 0 Å². The topological polar surface area (TPSA) is 108 Å². The van der Waals surface area contributed by atoms with E-state index in [0.717, 1.165) is 0 Å². The van der Waals surface area contributed by atoms with Gasteiger partial charge in [0.25, 0.3) is 0 Å². The number of hydrogen-bond acceptors (Lipinski definition) is 8. The first-order chi connectivity index (χ1) is 14.9. The first-order valence-corrected chi connectivity index (χ1v) is 11.5. The number of aliphatic hydroxyl groups excluding tert-OH is 1. The second-order valence-electron chi connectivity index (χ2n) is 10.1. The molecule has 0 aromatic heterocycles. The zero-order valence-corrected chi connectivity index (χ0v) is 19.7. The molecule has 0 aromatic carbocycles. The van der Waals surface area contributed by atoms with Gasteiger partial charge < -0.3 is 24.1 Å². The highest BCUT2D eigenvalue weighted by Gasteiger charge is 2.53. The Morgan fingerprint density at radius 1 is 1.16 bits per heavy atom. The number of aliphatic hydroxyl groups is 1. The summed E-state index contributed by atoms with van der Waals surface area (Å²) in [6.45, 7) is 12.3. The molecule has 32 heavy (non-hydrogen) atoms. The molecule has 0 saturated carbocycles. The monoisotopic (exact) mass is 452 g/mol. The minimum atomic E-state index is -0.915. The molecular weight excluding hydrogens is 416 g/mol. The van der Waals surface area contributed by atoms with Crippen LogP contribution in [0.4, 0.5) is 0 Å². The van der Waals surface area contributed by atoms with E-state index in [1.165, 1.54) is 13.8 Å². The van der Waals surface area contributed by atoms with Crippen LogP contribution in [0.15, 0.2) is 12.2 Å². The fourth-order valence-electron chi connectivity index (χ4n) is 5.47. The Hall–Kier alpha value is -1.93. The van der Waals surface area contributed by atoms with E-state index in [1.54, 1.807) is 0 Å². The van der Waals surface area contributed by atoms with Crippen LogP contribution in [0.1, 0.15) is 73.1 Å². The van der Waals surface area contributed by atoms with Gasteiger partial charge >= 0.3 is 17.9 Å². The van der Waals surface area contributed by atoms with Crippen molar-refractivity contribution in [1.82, 2.24) is 0 Å². The molecule has 3 rings (SSSR count). The largest absolute Gasteiger partial charge is 0.458 e. The summed E-state index contributed by atoms with van der Waals surface area (Å²) in [5.74, 6) is -1.99. The van der Waals surface area contributed by atoms with Crippen LogP contribution in [0.25, 0.3) is 0 Å². The number of hydrogen-bond donors (Lipinski definition) is 1. The number of ether oxygens (including phenoxy) is 4. The Bertz CT molecular complexity index is 778. The molecule has 8 atom stereocenters. The highest BCUT2D eigenvalue weighted by molar-refractivity contribution is 5.91. The Labute approximate surface area is 189 Å². The first kappa shape index (κ1) is 24.7. The molecule has 180 valence electrons. The summed E-state index contributed by atoms with van der Waals surface area (Å²) >= 11 is 0. The second kappa shape index (κ2) is 9.14. The molecule has 3 fully saturated rings. The van der Waals surface area contributed by atoms with E-state index in [9.17, 15) is 19.5 Å². The Morgan fingerprint density at radius 2 is 1.84 bits per heavy atom. The summed E-state index contributed by atoms with van der Waals surface area (Å²) in [5.41, 5.74) is -1.43. The first-order valence-electron chi connectivity index (χ1n) is 11.5. The molecule has 0 radical (unpaired) electrons. The zero-order chi connectivity index (χ0) is 23.8. The third-order valence-corrected chi connectivity index (χ3v) is 7.42. The lowest BCUT2D eigenvalue weighted by Gasteiger charge is -2.38. The van der Waals surface area contributed by atoms with Gasteiger partial charge in [0.15, 0.2) is 0 Å². The SMILES string of the molecule is C=C1C(=O)O[C@H]2[C@H](OC(C)=O)[C@@H](C)CCC[C@](C)(OC(C)=O)[C@@H]3CC[C@](C)(O3)[C@H](O)C[C@@H]12. The molecule has 0 amide bonds. The van der Waals surface area contributed by atoms with E-state index in [2.05, 4.69) is 6.58 Å². The van der Waals surface area contributed by atoms with Gasteiger partial charge in [0.2, 0.25) is 0 Å². The van der Waals surface area contributed by atoms with Crippen LogP contribution in [0.5, 0.6) is 0 Å². The van der Waals surface area contributed by atoms with Crippen LogP contribution in [-0.4, -0.2) is 58.6 Å². The number of fused-ring (bicyclic) bond motifs is 3. The van der Waals surface area contributed by atoms with E-state index in [4.69, 9.17) is 18.9 Å². The predicted molar refractivity (Wildman–Crippen MR) is 114 cm³/mol. The van der Waals surface area contributed by atoms with Crippen molar-refractivity contribution in [1.29, 1.82) is 0 Å². The van der Waals surface area contributed by atoms with Gasteiger partial charge in [-0.25, -0.2) is 4.79 Å². The lowest BCUT2D eigenvalue weighted by Crippen LogP contribution is -2.48. The summed E-state index contributed by atoms with van der Waals surface area (Å²) in [6, 6.07) is 0. The maximum Gasteiger partial charge on any atom is 0.334 e. The molecule has 3 heterocycles. The molecule has 8 heteroatoms. The lowest BCUT2D eigenvalue weighted by molar-refractivity contribution is -0.191. The number of carbonyl (C=O) groups excluding carboxylic acids is 3. The summed E-state index contributed by atoms with van der Waals surface area (Å²) in [7, 11) is 0. The number of carbonyl (C=O) groups is 3. The average Bonchev–Trinajstić information content (AvgIpc) is 3.22. The quantitative estimate of drug-likeness (QED) is 0.387. The summed E-state index contributed by atoms with van der Waals surface area (Å²) in [6.07, 6.45) is 0.668. The van der Waals surface area contributed by atoms with Crippen molar-refractivity contribution >= 4 is 17.9 Å². The Kier molecular flexibility index (Phi) is 7.05. The fourth-order valence-corrected chi connectivity index (χ4v) is 5.47. The minimum Gasteiger partial charge on any atom is -0.458 e. The minimum absolute atomic E-state index is 0.127. The van der Waals surface area contributed by atoms with Crippen LogP contribution >= 0.6 is 0 Å². The van der Waals surface area contributed by atoms with Crippen molar-refractivity contribution in [2.75, 3.05) is 0 Å². The predicted octanol–water partition coefficient (Wildman–Crippen LogP) is 2.85. The van der Waals surface area contributed by atoms with Crippen molar-refractivity contribution in [2.24, 2.45) is 11.8 Å². The zero-order valence-electron chi connectivity index (χ0n) is 19.7. The van der Waals surface area contributed by atoms with Crippen LogP contribution in [0, 0.1) is 11.8 Å². The molecule has 8 nitrogen and oxygen atoms in total. The molecule has 0 aliphatic carbocycles. The van der Waals surface area contributed by atoms with Gasteiger partial charge in [-0.05, 0) is 58.3 Å². The second-order valence-corrected chi connectivity index (χ2v) is 10.1. The summed E-state index contributed by atoms with van der Waals surface area (Å²) < 4.78 is 23.3. The van der Waals surface area contributed by atoms with Crippen LogP contribution in [0.3, 0.4) is 0 Å². The van der Waals surface area contributed by atoms with Gasteiger partial charge in [-0.2, -0.15) is 0 Å². The molecule has 3 aliphatic heterocycles. The van der Waals surface area contributed by atoms with E-state index < -0.39 is 47.4 Å². The van der Waals surface area contributed by atoms with E-state index in [-0.39, 0.29) is 30.0 Å². The highest BCUT2D eigenvalue weighted by atomic mass is 16.6. The maximum atomic E-state index is 12.4. The third kappa shape index (κ3) is 4.86. The van der Waals surface area contributed by atoms with Gasteiger partial charge in [0, 0.05) is 25.3 Å². The van der Waals surface area contributed by atoms with Gasteiger partial charge in [0.05, 0.1) is 17.8 Å². The van der Waals surface area contributed by atoms with E-state index >= 15 is 0 Å². The Morgan fingerprint density at radius 3 is 2.47 bits per heavy atom. The van der Waals surface area contributed by atoms with E-state index in [1.807, 2.05) is 20.8 Å². The van der Waals surface area contributed by atoms with Gasteiger partial charge in [0.1, 0.15) is 17.8 Å². The molecule has 0 aromatic rings. The Balaban J connectivity index is 1.97. The summed E-state index contributed by atoms with van der Waals surface area (Å²) in [4.78, 5) is 36.1. The standard InChI is InChI=1S/C24H36O8/c1-13-8-7-10-24(6,31-16(4)26)19-9-11-23(5,32-19)18(27)12-17-14(2)22(28)30-21(17)20(13)29-15(3)25/h13,17-21,27H,2,7-12H2,1,3-6H3/t13-,17-,18+,19-,20+,21+,23-,24-/m0/s1. The fraction of sp³-hybridized carbons (Fsp3) is 0.792. The maximum absolute atomic E-state index is 12.4. The molecule has 1 N–H and O–H groups in total. The van der Waals surface area contributed by atoms with Crippen LogP contribution < -0.4 is 0 Å². The van der Waals surface area contributed by atoms with Crippen molar-refractivity contribution in [3.8, 4) is 0 Å². The van der Waals surface area contributed by atoms with Crippen LogP contribution in [-0.2, 0) is 33.3 Å². The van der Waals surface area contributed by atoms with Gasteiger partial charge in [-0.3, -0.25) is 9.59 Å². The molecule has 2 bridgehead atoms.